The highest BCUT2D eigenvalue weighted by molar-refractivity contribution is 5.94. The summed E-state index contributed by atoms with van der Waals surface area (Å²) in [4.78, 5) is 25.4. The van der Waals surface area contributed by atoms with Crippen LogP contribution in [0.1, 0.15) is 43.0 Å². The van der Waals surface area contributed by atoms with Gasteiger partial charge in [0, 0.05) is 13.1 Å². The largest absolute Gasteiger partial charge is 0.481 e. The fourth-order valence-corrected chi connectivity index (χ4v) is 2.79. The van der Waals surface area contributed by atoms with E-state index in [9.17, 15) is 14.7 Å². The highest BCUT2D eigenvalue weighted by Gasteiger charge is 2.41. The molecule has 6 nitrogen and oxygen atoms in total. The molecule has 0 spiro atoms. The Morgan fingerprint density at radius 2 is 2.05 bits per heavy atom. The van der Waals surface area contributed by atoms with Crippen LogP contribution in [-0.4, -0.2) is 45.2 Å². The average Bonchev–Trinajstić information content (AvgIpc) is 2.48. The van der Waals surface area contributed by atoms with Gasteiger partial charge >= 0.3 is 5.97 Å². The molecule has 20 heavy (non-hydrogen) atoms. The van der Waals surface area contributed by atoms with Crippen molar-refractivity contribution in [2.24, 2.45) is 5.41 Å². The quantitative estimate of drug-likeness (QED) is 0.903. The van der Waals surface area contributed by atoms with Gasteiger partial charge in [0.25, 0.3) is 5.91 Å². The summed E-state index contributed by atoms with van der Waals surface area (Å²) >= 11 is 0. The Morgan fingerprint density at radius 1 is 1.35 bits per heavy atom. The van der Waals surface area contributed by atoms with Crippen LogP contribution in [0.5, 0.6) is 0 Å². The van der Waals surface area contributed by atoms with Crippen LogP contribution >= 0.6 is 0 Å². The van der Waals surface area contributed by atoms with E-state index in [0.29, 0.717) is 37.9 Å². The normalized spacial score (nSPS) is 17.8. The van der Waals surface area contributed by atoms with Gasteiger partial charge in [-0.2, -0.15) is 10.2 Å². The Balaban J connectivity index is 2.04. The van der Waals surface area contributed by atoms with E-state index < -0.39 is 11.4 Å². The summed E-state index contributed by atoms with van der Waals surface area (Å²) in [6, 6.07) is 1.63. The zero-order valence-electron chi connectivity index (χ0n) is 11.6. The third kappa shape index (κ3) is 2.79. The van der Waals surface area contributed by atoms with Crippen molar-refractivity contribution in [2.75, 3.05) is 13.1 Å². The van der Waals surface area contributed by atoms with E-state index in [1.54, 1.807) is 11.0 Å². The van der Waals surface area contributed by atoms with Crippen LogP contribution in [0.4, 0.5) is 0 Å². The van der Waals surface area contributed by atoms with Crippen LogP contribution in [0.2, 0.25) is 0 Å². The highest BCUT2D eigenvalue weighted by atomic mass is 16.4. The van der Waals surface area contributed by atoms with E-state index in [2.05, 4.69) is 10.2 Å². The minimum atomic E-state index is -0.739. The number of carboxylic acid groups (broad SMARTS) is 1. The minimum absolute atomic E-state index is 0.101. The van der Waals surface area contributed by atoms with Gasteiger partial charge in [-0.25, -0.2) is 0 Å². The molecular weight excluding hydrogens is 258 g/mol. The van der Waals surface area contributed by atoms with E-state index in [1.165, 1.54) is 12.4 Å². The second kappa shape index (κ2) is 5.98. The van der Waals surface area contributed by atoms with Gasteiger partial charge in [-0.05, 0) is 25.3 Å². The zero-order valence-corrected chi connectivity index (χ0v) is 11.6. The van der Waals surface area contributed by atoms with Crippen LogP contribution < -0.4 is 0 Å². The van der Waals surface area contributed by atoms with Crippen LogP contribution in [0, 0.1) is 5.41 Å². The summed E-state index contributed by atoms with van der Waals surface area (Å²) < 4.78 is 0. The Hall–Kier alpha value is -1.98. The molecule has 0 atom stereocenters. The Bertz CT molecular complexity index is 482. The lowest BCUT2D eigenvalue weighted by atomic mass is 9.75. The number of likely N-dealkylation sites (tertiary alicyclic amines) is 1. The second-order valence-corrected chi connectivity index (χ2v) is 5.26. The van der Waals surface area contributed by atoms with Crippen molar-refractivity contribution in [3.8, 4) is 0 Å². The number of nitrogens with zero attached hydrogens (tertiary/aromatic N) is 3. The summed E-state index contributed by atoms with van der Waals surface area (Å²) in [6.45, 7) is 2.95. The van der Waals surface area contributed by atoms with Crippen LogP contribution in [0.3, 0.4) is 0 Å². The molecule has 1 amide bonds. The number of carbonyl (C=O) groups excluding carboxylic acids is 1. The predicted molar refractivity (Wildman–Crippen MR) is 72.1 cm³/mol. The number of carbonyl (C=O) groups is 2. The maximum atomic E-state index is 12.2. The summed E-state index contributed by atoms with van der Waals surface area (Å²) in [6.07, 6.45) is 5.46. The molecule has 0 saturated carbocycles. The highest BCUT2D eigenvalue weighted by Crippen LogP contribution is 2.36. The monoisotopic (exact) mass is 277 g/mol. The molecule has 6 heteroatoms. The van der Waals surface area contributed by atoms with Crippen LogP contribution in [-0.2, 0) is 4.79 Å². The molecule has 0 radical (unpaired) electrons. The maximum absolute atomic E-state index is 12.2. The summed E-state index contributed by atoms with van der Waals surface area (Å²) in [7, 11) is 0. The van der Waals surface area contributed by atoms with E-state index in [-0.39, 0.29) is 5.91 Å². The molecule has 1 aliphatic heterocycles. The number of hydrogen-bond donors (Lipinski definition) is 1. The summed E-state index contributed by atoms with van der Waals surface area (Å²) in [5, 5.41) is 16.8. The Kier molecular flexibility index (Phi) is 4.32. The SMILES string of the molecule is CCCC1(C(=O)O)CCN(C(=O)c2ccnnc2)CC1. The van der Waals surface area contributed by atoms with Crippen molar-refractivity contribution in [2.45, 2.75) is 32.6 Å². The Morgan fingerprint density at radius 3 is 2.55 bits per heavy atom. The van der Waals surface area contributed by atoms with Gasteiger partial charge in [-0.3, -0.25) is 9.59 Å². The summed E-state index contributed by atoms with van der Waals surface area (Å²) in [5.74, 6) is -0.840. The van der Waals surface area contributed by atoms with Crippen molar-refractivity contribution in [1.82, 2.24) is 15.1 Å². The standard InChI is InChI=1S/C14H19N3O3/c1-2-4-14(13(19)20)5-8-17(9-6-14)12(18)11-3-7-15-16-10-11/h3,7,10H,2,4-6,8-9H2,1H3,(H,19,20). The van der Waals surface area contributed by atoms with Crippen molar-refractivity contribution < 1.29 is 14.7 Å². The van der Waals surface area contributed by atoms with Crippen molar-refractivity contribution >= 4 is 11.9 Å². The molecule has 1 aliphatic rings. The molecule has 1 N–H and O–H groups in total. The smallest absolute Gasteiger partial charge is 0.309 e. The molecule has 108 valence electrons. The van der Waals surface area contributed by atoms with Gasteiger partial charge < -0.3 is 10.0 Å². The van der Waals surface area contributed by atoms with Gasteiger partial charge in [-0.1, -0.05) is 13.3 Å². The third-order valence-corrected chi connectivity index (χ3v) is 4.02. The van der Waals surface area contributed by atoms with Gasteiger partial charge in [0.1, 0.15) is 0 Å². The number of amides is 1. The fourth-order valence-electron chi connectivity index (χ4n) is 2.79. The molecule has 2 heterocycles. The van der Waals surface area contributed by atoms with Crippen molar-refractivity contribution in [1.29, 1.82) is 0 Å². The van der Waals surface area contributed by atoms with Gasteiger partial charge in [0.05, 0.1) is 23.4 Å². The second-order valence-electron chi connectivity index (χ2n) is 5.26. The van der Waals surface area contributed by atoms with Crippen molar-refractivity contribution in [3.05, 3.63) is 24.0 Å². The number of carboxylic acids is 1. The zero-order chi connectivity index (χ0) is 14.6. The molecule has 1 aromatic rings. The maximum Gasteiger partial charge on any atom is 0.309 e. The van der Waals surface area contributed by atoms with E-state index in [1.807, 2.05) is 6.92 Å². The lowest BCUT2D eigenvalue weighted by Gasteiger charge is -2.38. The molecule has 1 aromatic heterocycles. The van der Waals surface area contributed by atoms with Gasteiger partial charge in [-0.15, -0.1) is 0 Å². The van der Waals surface area contributed by atoms with Crippen molar-refractivity contribution in [3.63, 3.8) is 0 Å². The lowest BCUT2D eigenvalue weighted by molar-refractivity contribution is -0.152. The number of aliphatic carboxylic acids is 1. The van der Waals surface area contributed by atoms with E-state index in [4.69, 9.17) is 0 Å². The number of hydrogen-bond acceptors (Lipinski definition) is 4. The first-order chi connectivity index (χ1) is 9.59. The first kappa shape index (κ1) is 14.4. The van der Waals surface area contributed by atoms with Crippen LogP contribution in [0.25, 0.3) is 0 Å². The number of aromatic nitrogens is 2. The predicted octanol–water partition coefficient (Wildman–Crippen LogP) is 1.58. The average molecular weight is 277 g/mol. The number of rotatable bonds is 4. The molecule has 0 bridgehead atoms. The molecule has 0 aromatic carbocycles. The first-order valence-corrected chi connectivity index (χ1v) is 6.88. The molecule has 1 fully saturated rings. The fraction of sp³-hybridized carbons (Fsp3) is 0.571. The lowest BCUT2D eigenvalue weighted by Crippen LogP contribution is -2.46. The molecule has 2 rings (SSSR count). The number of piperidine rings is 1. The van der Waals surface area contributed by atoms with Gasteiger partial charge in [0.2, 0.25) is 0 Å². The van der Waals surface area contributed by atoms with Gasteiger partial charge in [0.15, 0.2) is 0 Å². The molecule has 0 unspecified atom stereocenters. The Labute approximate surface area is 117 Å². The molecule has 0 aliphatic carbocycles. The topological polar surface area (TPSA) is 83.4 Å². The first-order valence-electron chi connectivity index (χ1n) is 6.88. The third-order valence-electron chi connectivity index (χ3n) is 4.02. The van der Waals surface area contributed by atoms with E-state index in [0.717, 1.165) is 6.42 Å². The molecule has 1 saturated heterocycles. The molecular formula is C14H19N3O3. The minimum Gasteiger partial charge on any atom is -0.481 e. The summed E-state index contributed by atoms with van der Waals surface area (Å²) in [5.41, 5.74) is -0.166. The van der Waals surface area contributed by atoms with Crippen LogP contribution in [0.15, 0.2) is 18.5 Å². The van der Waals surface area contributed by atoms with E-state index >= 15 is 0 Å².